The van der Waals surface area contributed by atoms with E-state index in [9.17, 15) is 0 Å². The van der Waals surface area contributed by atoms with E-state index >= 15 is 0 Å². The highest BCUT2D eigenvalue weighted by molar-refractivity contribution is 5.14. The SMILES string of the molecule is CC(C)Cc1cc(CNC2CCN(CCc3ccccc3)CC2)on1. The van der Waals surface area contributed by atoms with Crippen LogP contribution in [0, 0.1) is 5.92 Å². The largest absolute Gasteiger partial charge is 0.360 e. The molecule has 0 atom stereocenters. The Morgan fingerprint density at radius 2 is 1.96 bits per heavy atom. The first kappa shape index (κ1) is 18.2. The van der Waals surface area contributed by atoms with E-state index in [4.69, 9.17) is 4.52 Å². The van der Waals surface area contributed by atoms with Crippen molar-refractivity contribution in [3.05, 3.63) is 53.4 Å². The minimum Gasteiger partial charge on any atom is -0.360 e. The molecule has 0 unspecified atom stereocenters. The molecule has 0 bridgehead atoms. The van der Waals surface area contributed by atoms with Gasteiger partial charge in [0, 0.05) is 18.7 Å². The van der Waals surface area contributed by atoms with E-state index in [0.717, 1.165) is 37.4 Å². The minimum atomic E-state index is 0.589. The third kappa shape index (κ3) is 5.98. The van der Waals surface area contributed by atoms with Crippen molar-refractivity contribution in [1.82, 2.24) is 15.4 Å². The lowest BCUT2D eigenvalue weighted by atomic mass is 10.0. The minimum absolute atomic E-state index is 0.589. The zero-order valence-corrected chi connectivity index (χ0v) is 15.6. The van der Waals surface area contributed by atoms with Crippen LogP contribution in [0.15, 0.2) is 40.9 Å². The molecule has 1 saturated heterocycles. The van der Waals surface area contributed by atoms with Crippen LogP contribution < -0.4 is 5.32 Å². The molecule has 0 saturated carbocycles. The van der Waals surface area contributed by atoms with Gasteiger partial charge in [-0.05, 0) is 50.3 Å². The van der Waals surface area contributed by atoms with Gasteiger partial charge in [0.05, 0.1) is 12.2 Å². The molecule has 0 amide bonds. The molecule has 136 valence electrons. The molecule has 4 heteroatoms. The fraction of sp³-hybridized carbons (Fsp3) is 0.571. The Morgan fingerprint density at radius 1 is 1.20 bits per heavy atom. The Hall–Kier alpha value is -1.65. The fourth-order valence-corrected chi connectivity index (χ4v) is 3.49. The average Bonchev–Trinajstić information content (AvgIpc) is 3.06. The van der Waals surface area contributed by atoms with Gasteiger partial charge in [0.25, 0.3) is 0 Å². The summed E-state index contributed by atoms with van der Waals surface area (Å²) in [5.74, 6) is 1.58. The monoisotopic (exact) mass is 341 g/mol. The number of rotatable bonds is 8. The molecule has 3 rings (SSSR count). The highest BCUT2D eigenvalue weighted by atomic mass is 16.5. The molecule has 1 aromatic carbocycles. The first-order chi connectivity index (χ1) is 12.2. The van der Waals surface area contributed by atoms with Crippen molar-refractivity contribution in [1.29, 1.82) is 0 Å². The van der Waals surface area contributed by atoms with Crippen LogP contribution in [-0.4, -0.2) is 35.7 Å². The molecule has 4 nitrogen and oxygen atoms in total. The summed E-state index contributed by atoms with van der Waals surface area (Å²) in [7, 11) is 0. The quantitative estimate of drug-likeness (QED) is 0.795. The second-order valence-corrected chi connectivity index (χ2v) is 7.61. The first-order valence-corrected chi connectivity index (χ1v) is 9.63. The van der Waals surface area contributed by atoms with Gasteiger partial charge >= 0.3 is 0 Å². The van der Waals surface area contributed by atoms with Gasteiger partial charge in [-0.1, -0.05) is 49.3 Å². The summed E-state index contributed by atoms with van der Waals surface area (Å²) in [6.45, 7) is 8.73. The maximum atomic E-state index is 5.44. The average molecular weight is 341 g/mol. The van der Waals surface area contributed by atoms with Crippen LogP contribution in [-0.2, 0) is 19.4 Å². The van der Waals surface area contributed by atoms with Gasteiger partial charge < -0.3 is 14.7 Å². The Labute approximate surface area is 151 Å². The predicted octanol–water partition coefficient (Wildman–Crippen LogP) is 3.67. The molecule has 0 radical (unpaired) electrons. The highest BCUT2D eigenvalue weighted by Crippen LogP contribution is 2.13. The number of aromatic nitrogens is 1. The summed E-state index contributed by atoms with van der Waals surface area (Å²) >= 11 is 0. The second-order valence-electron chi connectivity index (χ2n) is 7.61. The Balaban J connectivity index is 1.34. The van der Waals surface area contributed by atoms with E-state index in [1.54, 1.807) is 0 Å². The molecule has 2 aromatic rings. The third-order valence-corrected chi connectivity index (χ3v) is 4.94. The van der Waals surface area contributed by atoms with Crippen LogP contribution in [0.1, 0.15) is 43.7 Å². The van der Waals surface area contributed by atoms with Gasteiger partial charge in [0.1, 0.15) is 0 Å². The summed E-state index contributed by atoms with van der Waals surface area (Å²) in [6, 6.07) is 13.5. The Kier molecular flexibility index (Phi) is 6.65. The molecular weight excluding hydrogens is 310 g/mol. The van der Waals surface area contributed by atoms with Gasteiger partial charge in [-0.3, -0.25) is 0 Å². The smallest absolute Gasteiger partial charge is 0.150 e. The van der Waals surface area contributed by atoms with Gasteiger partial charge in [0.2, 0.25) is 0 Å². The summed E-state index contributed by atoms with van der Waals surface area (Å²) in [5.41, 5.74) is 2.51. The van der Waals surface area contributed by atoms with Crippen molar-refractivity contribution in [3.8, 4) is 0 Å². The third-order valence-electron chi connectivity index (χ3n) is 4.94. The number of hydrogen-bond donors (Lipinski definition) is 1. The molecule has 25 heavy (non-hydrogen) atoms. The Morgan fingerprint density at radius 3 is 2.68 bits per heavy atom. The zero-order valence-electron chi connectivity index (χ0n) is 15.6. The number of benzene rings is 1. The predicted molar refractivity (Wildman–Crippen MR) is 101 cm³/mol. The van der Waals surface area contributed by atoms with Crippen molar-refractivity contribution in [2.24, 2.45) is 5.92 Å². The maximum absolute atomic E-state index is 5.44. The lowest BCUT2D eigenvalue weighted by molar-refractivity contribution is 0.196. The standard InChI is InChI=1S/C21H31N3O/c1-17(2)14-20-15-21(25-23-20)16-22-19-9-12-24(13-10-19)11-8-18-6-4-3-5-7-18/h3-7,15,17,19,22H,8-14,16H2,1-2H3. The highest BCUT2D eigenvalue weighted by Gasteiger charge is 2.19. The molecule has 1 N–H and O–H groups in total. The van der Waals surface area contributed by atoms with Gasteiger partial charge in [0.15, 0.2) is 5.76 Å². The lowest BCUT2D eigenvalue weighted by Gasteiger charge is -2.32. The van der Waals surface area contributed by atoms with Crippen molar-refractivity contribution in [2.75, 3.05) is 19.6 Å². The summed E-state index contributed by atoms with van der Waals surface area (Å²) in [4.78, 5) is 2.58. The number of hydrogen-bond acceptors (Lipinski definition) is 4. The lowest BCUT2D eigenvalue weighted by Crippen LogP contribution is -2.42. The van der Waals surface area contributed by atoms with E-state index in [-0.39, 0.29) is 0 Å². The molecular formula is C21H31N3O. The summed E-state index contributed by atoms with van der Waals surface area (Å²) in [6.07, 6.45) is 4.56. The van der Waals surface area contributed by atoms with Crippen molar-refractivity contribution in [3.63, 3.8) is 0 Å². The second kappa shape index (κ2) is 9.16. The van der Waals surface area contributed by atoms with Gasteiger partial charge in [-0.15, -0.1) is 0 Å². The molecule has 2 heterocycles. The first-order valence-electron chi connectivity index (χ1n) is 9.63. The topological polar surface area (TPSA) is 41.3 Å². The van der Waals surface area contributed by atoms with Crippen LogP contribution in [0.25, 0.3) is 0 Å². The van der Waals surface area contributed by atoms with E-state index < -0.39 is 0 Å². The van der Waals surface area contributed by atoms with Crippen LogP contribution in [0.3, 0.4) is 0 Å². The number of likely N-dealkylation sites (tertiary alicyclic amines) is 1. The zero-order chi connectivity index (χ0) is 17.5. The molecule has 1 aromatic heterocycles. The van der Waals surface area contributed by atoms with Crippen LogP contribution in [0.5, 0.6) is 0 Å². The van der Waals surface area contributed by atoms with Crippen LogP contribution in [0.2, 0.25) is 0 Å². The van der Waals surface area contributed by atoms with Crippen LogP contribution >= 0.6 is 0 Å². The van der Waals surface area contributed by atoms with E-state index in [1.807, 2.05) is 0 Å². The fourth-order valence-electron chi connectivity index (χ4n) is 3.49. The van der Waals surface area contributed by atoms with E-state index in [0.29, 0.717) is 12.0 Å². The Bertz CT molecular complexity index is 615. The summed E-state index contributed by atoms with van der Waals surface area (Å²) in [5, 5.41) is 7.80. The van der Waals surface area contributed by atoms with Crippen molar-refractivity contribution in [2.45, 2.75) is 52.1 Å². The van der Waals surface area contributed by atoms with Gasteiger partial charge in [-0.2, -0.15) is 0 Å². The molecule has 0 spiro atoms. The molecule has 1 fully saturated rings. The molecule has 1 aliphatic heterocycles. The maximum Gasteiger partial charge on any atom is 0.150 e. The molecule has 0 aliphatic carbocycles. The summed E-state index contributed by atoms with van der Waals surface area (Å²) < 4.78 is 5.44. The normalized spacial score (nSPS) is 16.6. The van der Waals surface area contributed by atoms with Crippen LogP contribution in [0.4, 0.5) is 0 Å². The number of nitrogens with zero attached hydrogens (tertiary/aromatic N) is 2. The number of nitrogens with one attached hydrogen (secondary N) is 1. The van der Waals surface area contributed by atoms with Crippen molar-refractivity contribution >= 4 is 0 Å². The van der Waals surface area contributed by atoms with Crippen molar-refractivity contribution < 1.29 is 4.52 Å². The number of piperidine rings is 1. The molecule has 1 aliphatic rings. The van der Waals surface area contributed by atoms with Gasteiger partial charge in [-0.25, -0.2) is 0 Å². The van der Waals surface area contributed by atoms with E-state index in [1.165, 1.54) is 31.5 Å². The van der Waals surface area contributed by atoms with E-state index in [2.05, 4.69) is 65.6 Å².